The lowest BCUT2D eigenvalue weighted by atomic mass is 9.87. The van der Waals surface area contributed by atoms with Crippen LogP contribution in [0.15, 0.2) is 12.7 Å². The number of aliphatic hydroxyl groups excluding tert-OH is 2. The van der Waals surface area contributed by atoms with Gasteiger partial charge < -0.3 is 66.2 Å². The van der Waals surface area contributed by atoms with Crippen LogP contribution in [0, 0.1) is 5.41 Å². The number of aliphatic hydroxyl groups is 2. The van der Waals surface area contributed by atoms with Gasteiger partial charge in [-0.1, -0.05) is 25.6 Å². The molecule has 2 unspecified atom stereocenters. The zero-order valence-electron chi connectivity index (χ0n) is 31.6. The Morgan fingerprint density at radius 3 is 2.11 bits per heavy atom. The van der Waals surface area contributed by atoms with E-state index in [1.165, 1.54) is 13.8 Å². The lowest BCUT2D eigenvalue weighted by Gasteiger charge is -2.30. The molecule has 1 saturated heterocycles. The van der Waals surface area contributed by atoms with Gasteiger partial charge in [-0.15, -0.1) is 0 Å². The van der Waals surface area contributed by atoms with E-state index in [0.29, 0.717) is 0 Å². The summed E-state index contributed by atoms with van der Waals surface area (Å²) in [5.74, 6) is -5.42. The highest BCUT2D eigenvalue weighted by atomic mass is 32.2. The Kier molecular flexibility index (Phi) is 19.9. The number of phosphoric ester groups is 3. The Morgan fingerprint density at radius 1 is 0.934 bits per heavy atom. The number of nitrogens with zero attached hydrogens (tertiary/aromatic N) is 4. The quantitative estimate of drug-likeness (QED) is 0.0316. The van der Waals surface area contributed by atoms with E-state index in [2.05, 4.69) is 34.4 Å². The standard InChI is InChI=1S/C24H38N7O19P3S.C3H4O4/c1-24(2,19(37)22(38)27-4-3-13(32)26-5-6-54-15(35)7-14(33)34)9-47-53(44,45)50-52(42,43)46-8-12-18(49-51(39,40)41)17(36)23(48-12)31-11-30-16-20(25)28-10-29-21(16)31;4-2(5)1-3(6)7/h10-12,17-19,23,36-37H,3-9H2,1-2H3,(H,26,32)(H,27,38)(H,33,34)(H,42,43)(H,44,45)(H2,25,28,29)(H2,39,40,41);1H2,(H,4,5)(H,6,7)/t12-,17-,18-,19+,23-;/m1./s1. The number of thioether (sulfide) groups is 1. The number of anilines is 1. The maximum Gasteiger partial charge on any atom is 0.481 e. The minimum atomic E-state index is -5.59. The van der Waals surface area contributed by atoms with E-state index in [-0.39, 0.29) is 42.2 Å². The van der Waals surface area contributed by atoms with Crippen molar-refractivity contribution < 1.29 is 110 Å². The molecular formula is C27H42N7O23P3S. The van der Waals surface area contributed by atoms with E-state index < -0.39 is 120 Å². The lowest BCUT2D eigenvalue weighted by Crippen LogP contribution is -2.46. The Labute approximate surface area is 346 Å². The second-order valence-corrected chi connectivity index (χ2v) is 18.2. The van der Waals surface area contributed by atoms with Gasteiger partial charge in [0, 0.05) is 30.7 Å². The molecule has 13 N–H and O–H groups in total. The van der Waals surface area contributed by atoms with Gasteiger partial charge in [0.15, 0.2) is 22.8 Å². The van der Waals surface area contributed by atoms with Crippen molar-refractivity contribution in [3.63, 3.8) is 0 Å². The fraction of sp³-hybridized carbons (Fsp3) is 0.593. The number of carbonyl (C=O) groups is 6. The molecule has 1 aliphatic rings. The summed E-state index contributed by atoms with van der Waals surface area (Å²) in [4.78, 5) is 116. The Balaban J connectivity index is 0.00000168. The molecule has 2 amide bonds. The normalized spacial score (nSPS) is 20.3. The first kappa shape index (κ1) is 53.1. The number of hydrogen-bond acceptors (Lipinski definition) is 21. The predicted molar refractivity (Wildman–Crippen MR) is 199 cm³/mol. The average Bonchev–Trinajstić information content (AvgIpc) is 3.67. The molecule has 1 aliphatic heterocycles. The molecule has 3 rings (SSSR count). The number of carbonyl (C=O) groups excluding carboxylic acids is 3. The summed E-state index contributed by atoms with van der Waals surface area (Å²) in [5.41, 5.74) is 4.19. The van der Waals surface area contributed by atoms with E-state index in [0.717, 1.165) is 29.0 Å². The highest BCUT2D eigenvalue weighted by molar-refractivity contribution is 8.13. The molecule has 2 aromatic rings. The molecule has 1 fully saturated rings. The monoisotopic (exact) mass is 957 g/mol. The van der Waals surface area contributed by atoms with E-state index in [1.54, 1.807) is 0 Å². The van der Waals surface area contributed by atoms with Crippen molar-refractivity contribution >= 4 is 87.0 Å². The SMILES string of the molecule is CC(C)(COP(=O)(O)OP(=O)(O)OC[C@H]1O[C@@H](n2cnc3c(N)ncnc32)[C@H](O)[C@@H]1OP(=O)(O)O)[C@@H](O)C(=O)NCCC(=O)NCCSC(=O)CC(=O)O.O=C(O)CC(=O)O. The van der Waals surface area contributed by atoms with Crippen LogP contribution in [-0.2, 0) is 65.1 Å². The number of nitrogen functional groups attached to an aromatic ring is 1. The fourth-order valence-electron chi connectivity index (χ4n) is 4.60. The summed E-state index contributed by atoms with van der Waals surface area (Å²) in [5, 5.41) is 49.4. The van der Waals surface area contributed by atoms with Crippen LogP contribution in [0.5, 0.6) is 0 Å². The topological polar surface area (TPSA) is 476 Å². The number of nitrogens with one attached hydrogen (secondary N) is 2. The highest BCUT2D eigenvalue weighted by Crippen LogP contribution is 2.61. The Hall–Kier alpha value is -4.03. The van der Waals surface area contributed by atoms with Gasteiger partial charge >= 0.3 is 41.4 Å². The number of aliphatic carboxylic acids is 3. The molecule has 3 heterocycles. The zero-order valence-corrected chi connectivity index (χ0v) is 35.1. The van der Waals surface area contributed by atoms with Crippen molar-refractivity contribution in [2.45, 2.75) is 63.8 Å². The van der Waals surface area contributed by atoms with Crippen molar-refractivity contribution in [1.82, 2.24) is 30.2 Å². The smallest absolute Gasteiger partial charge is 0.481 e. The van der Waals surface area contributed by atoms with Crippen molar-refractivity contribution in [3.05, 3.63) is 12.7 Å². The van der Waals surface area contributed by atoms with Gasteiger partial charge in [0.05, 0.1) is 19.5 Å². The van der Waals surface area contributed by atoms with Crippen LogP contribution in [0.3, 0.4) is 0 Å². The molecule has 0 aliphatic carbocycles. The third kappa shape index (κ3) is 18.5. The number of rotatable bonds is 23. The van der Waals surface area contributed by atoms with Crippen molar-refractivity contribution in [2.75, 3.05) is 37.8 Å². The van der Waals surface area contributed by atoms with Gasteiger partial charge in [-0.3, -0.25) is 46.9 Å². The summed E-state index contributed by atoms with van der Waals surface area (Å²) in [6.07, 6.45) is -8.59. The van der Waals surface area contributed by atoms with Gasteiger partial charge in [-0.05, 0) is 0 Å². The van der Waals surface area contributed by atoms with Crippen molar-refractivity contribution in [2.24, 2.45) is 5.41 Å². The second kappa shape index (κ2) is 22.9. The summed E-state index contributed by atoms with van der Waals surface area (Å²) < 4.78 is 61.8. The van der Waals surface area contributed by atoms with E-state index in [1.807, 2.05) is 0 Å². The van der Waals surface area contributed by atoms with Crippen LogP contribution in [0.2, 0.25) is 0 Å². The van der Waals surface area contributed by atoms with Crippen molar-refractivity contribution in [1.29, 1.82) is 0 Å². The number of carboxylic acids is 3. The number of fused-ring (bicyclic) bond motifs is 1. The van der Waals surface area contributed by atoms with E-state index in [4.69, 9.17) is 34.8 Å². The first-order valence-corrected chi connectivity index (χ1v) is 22.2. The molecule has 0 radical (unpaired) electrons. The molecule has 7 atom stereocenters. The molecular weight excluding hydrogens is 915 g/mol. The van der Waals surface area contributed by atoms with Crippen LogP contribution in [0.1, 0.15) is 39.3 Å². The number of aromatic nitrogens is 4. The zero-order chi connectivity index (χ0) is 46.5. The van der Waals surface area contributed by atoms with Crippen molar-refractivity contribution in [3.8, 4) is 0 Å². The van der Waals surface area contributed by atoms with Crippen LogP contribution in [-0.4, -0.2) is 156 Å². The molecule has 2 aromatic heterocycles. The number of phosphoric acid groups is 3. The molecule has 34 heteroatoms. The molecule has 344 valence electrons. The first-order chi connectivity index (χ1) is 28.0. The Morgan fingerprint density at radius 2 is 1.54 bits per heavy atom. The van der Waals surface area contributed by atoms with Gasteiger partial charge in [-0.2, -0.15) is 4.31 Å². The predicted octanol–water partition coefficient (Wildman–Crippen LogP) is -2.31. The van der Waals surface area contributed by atoms with E-state index in [9.17, 15) is 72.2 Å². The summed E-state index contributed by atoms with van der Waals surface area (Å²) in [7, 11) is -16.4. The van der Waals surface area contributed by atoms with Gasteiger partial charge in [0.2, 0.25) is 11.8 Å². The van der Waals surface area contributed by atoms with Gasteiger partial charge in [-0.25, -0.2) is 28.6 Å². The second-order valence-electron chi connectivity index (χ2n) is 12.8. The number of imidazole rings is 1. The first-order valence-electron chi connectivity index (χ1n) is 16.7. The average molecular weight is 958 g/mol. The summed E-state index contributed by atoms with van der Waals surface area (Å²) >= 11 is 0.718. The molecule has 0 saturated carbocycles. The molecule has 0 bridgehead atoms. The summed E-state index contributed by atoms with van der Waals surface area (Å²) in [6.45, 7) is 0.132. The fourth-order valence-corrected chi connectivity index (χ4v) is 8.09. The molecule has 0 aromatic carbocycles. The molecule has 30 nitrogen and oxygen atoms in total. The van der Waals surface area contributed by atoms with Crippen LogP contribution in [0.25, 0.3) is 11.2 Å². The minimum Gasteiger partial charge on any atom is -0.481 e. The van der Waals surface area contributed by atoms with E-state index >= 15 is 0 Å². The number of hydrogen-bond donors (Lipinski definition) is 12. The van der Waals surface area contributed by atoms with Crippen LogP contribution < -0.4 is 16.4 Å². The van der Waals surface area contributed by atoms with Crippen LogP contribution >= 0.6 is 35.2 Å². The number of amides is 2. The van der Waals surface area contributed by atoms with Crippen LogP contribution in [0.4, 0.5) is 5.82 Å². The third-order valence-electron chi connectivity index (χ3n) is 7.36. The number of carboxylic acid groups (broad SMARTS) is 3. The lowest BCUT2D eigenvalue weighted by molar-refractivity contribution is -0.147. The largest absolute Gasteiger partial charge is 0.481 e. The third-order valence-corrected chi connectivity index (χ3v) is 11.3. The molecule has 0 spiro atoms. The minimum absolute atomic E-state index is 0.0185. The molecule has 61 heavy (non-hydrogen) atoms. The van der Waals surface area contributed by atoms with Gasteiger partial charge in [0.25, 0.3) is 0 Å². The highest BCUT2D eigenvalue weighted by Gasteiger charge is 2.50. The number of nitrogens with two attached hydrogens (primary N) is 1. The maximum absolute atomic E-state index is 12.6. The summed E-state index contributed by atoms with van der Waals surface area (Å²) in [6, 6.07) is 0. The Bertz CT molecular complexity index is 2040. The maximum atomic E-state index is 12.6. The van der Waals surface area contributed by atoms with Gasteiger partial charge in [0.1, 0.15) is 49.1 Å². The number of ether oxygens (including phenoxy) is 1.